The number of rotatable bonds is 3. The second-order valence-electron chi connectivity index (χ2n) is 3.13. The Balaban J connectivity index is 2.94. The molecule has 1 aromatic rings. The van der Waals surface area contributed by atoms with E-state index in [9.17, 15) is 18.0 Å². The van der Waals surface area contributed by atoms with E-state index in [1.54, 1.807) is 0 Å². The molecule has 0 aliphatic heterocycles. The van der Waals surface area contributed by atoms with Crippen LogP contribution in [0.4, 0.5) is 24.7 Å². The number of nitrogens with one attached hydrogen (secondary N) is 1. The van der Waals surface area contributed by atoms with Crippen molar-refractivity contribution in [3.8, 4) is 0 Å². The van der Waals surface area contributed by atoms with Crippen molar-refractivity contribution < 1.29 is 22.7 Å². The number of ether oxygens (including phenoxy) is 1. The predicted octanol–water partition coefficient (Wildman–Crippen LogP) is 1.42. The van der Waals surface area contributed by atoms with Gasteiger partial charge in [0.15, 0.2) is 0 Å². The van der Waals surface area contributed by atoms with Crippen molar-refractivity contribution in [2.24, 2.45) is 0 Å². The van der Waals surface area contributed by atoms with Crippen LogP contribution < -0.4 is 11.1 Å². The fourth-order valence-corrected chi connectivity index (χ4v) is 1.07. The Labute approximate surface area is 94.8 Å². The van der Waals surface area contributed by atoms with Gasteiger partial charge in [-0.15, -0.1) is 0 Å². The van der Waals surface area contributed by atoms with Gasteiger partial charge < -0.3 is 15.8 Å². The topological polar surface area (TPSA) is 77.2 Å². The predicted molar refractivity (Wildman–Crippen MR) is 54.5 cm³/mol. The Kier molecular flexibility index (Phi) is 3.77. The summed E-state index contributed by atoms with van der Waals surface area (Å²) in [5.41, 5.74) is 5.40. The molecule has 0 amide bonds. The number of nitrogens with two attached hydrogens (primary N) is 1. The molecule has 3 N–H and O–H groups in total. The maximum atomic E-state index is 12.0. The van der Waals surface area contributed by atoms with Gasteiger partial charge in [0.1, 0.15) is 17.9 Å². The molecule has 0 unspecified atom stereocenters. The Morgan fingerprint density at radius 2 is 2.24 bits per heavy atom. The van der Waals surface area contributed by atoms with E-state index < -0.39 is 18.7 Å². The second-order valence-corrected chi connectivity index (χ2v) is 3.13. The Morgan fingerprint density at radius 1 is 1.59 bits per heavy atom. The minimum atomic E-state index is -4.41. The third-order valence-electron chi connectivity index (χ3n) is 1.77. The number of hydrogen-bond donors (Lipinski definition) is 2. The summed E-state index contributed by atoms with van der Waals surface area (Å²) in [6.45, 7) is -1.30. The summed E-state index contributed by atoms with van der Waals surface area (Å²) in [5.74, 6) is -1.03. The number of nitrogens with zero attached hydrogens (tertiary/aromatic N) is 1. The van der Waals surface area contributed by atoms with Crippen LogP contribution in [-0.2, 0) is 4.74 Å². The molecule has 0 saturated carbocycles. The maximum absolute atomic E-state index is 12.0. The number of pyridine rings is 1. The van der Waals surface area contributed by atoms with Crippen molar-refractivity contribution in [2.75, 3.05) is 24.7 Å². The second kappa shape index (κ2) is 4.89. The molecule has 0 atom stereocenters. The van der Waals surface area contributed by atoms with Gasteiger partial charge in [0.05, 0.1) is 19.0 Å². The van der Waals surface area contributed by atoms with E-state index in [0.717, 1.165) is 13.3 Å². The average Bonchev–Trinajstić information content (AvgIpc) is 2.25. The van der Waals surface area contributed by atoms with E-state index in [2.05, 4.69) is 9.72 Å². The third-order valence-corrected chi connectivity index (χ3v) is 1.77. The van der Waals surface area contributed by atoms with Gasteiger partial charge in [-0.25, -0.2) is 9.78 Å². The molecular weight excluding hydrogens is 239 g/mol. The van der Waals surface area contributed by atoms with Crippen molar-refractivity contribution >= 4 is 17.5 Å². The number of esters is 1. The molecule has 0 aliphatic rings. The van der Waals surface area contributed by atoms with Crippen LogP contribution in [0.5, 0.6) is 0 Å². The lowest BCUT2D eigenvalue weighted by molar-refractivity contribution is -0.115. The SMILES string of the molecule is COC(=O)c1cc(N)cnc1NCC(F)(F)F. The zero-order valence-electron chi connectivity index (χ0n) is 8.84. The van der Waals surface area contributed by atoms with Crippen molar-refractivity contribution in [3.05, 3.63) is 17.8 Å². The van der Waals surface area contributed by atoms with Crippen LogP contribution >= 0.6 is 0 Å². The van der Waals surface area contributed by atoms with E-state index in [0.29, 0.717) is 0 Å². The monoisotopic (exact) mass is 249 g/mol. The minimum Gasteiger partial charge on any atom is -0.465 e. The van der Waals surface area contributed by atoms with Crippen LogP contribution in [0, 0.1) is 0 Å². The molecule has 0 spiro atoms. The Morgan fingerprint density at radius 3 is 2.76 bits per heavy atom. The lowest BCUT2D eigenvalue weighted by Crippen LogP contribution is -2.23. The van der Waals surface area contributed by atoms with Gasteiger partial charge in [-0.1, -0.05) is 0 Å². The highest BCUT2D eigenvalue weighted by Crippen LogP contribution is 2.20. The molecule has 0 fully saturated rings. The smallest absolute Gasteiger partial charge is 0.405 e. The van der Waals surface area contributed by atoms with Gasteiger partial charge in [0.2, 0.25) is 0 Å². The first kappa shape index (κ1) is 13.1. The number of halogens is 3. The number of nitrogen functional groups attached to an aromatic ring is 1. The van der Waals surface area contributed by atoms with E-state index in [-0.39, 0.29) is 17.1 Å². The van der Waals surface area contributed by atoms with Crippen LogP contribution in [0.2, 0.25) is 0 Å². The molecular formula is C9H10F3N3O2. The molecule has 94 valence electrons. The van der Waals surface area contributed by atoms with E-state index >= 15 is 0 Å². The quantitative estimate of drug-likeness (QED) is 0.792. The van der Waals surface area contributed by atoms with E-state index in [4.69, 9.17) is 5.73 Å². The van der Waals surface area contributed by atoms with Crippen LogP contribution in [-0.4, -0.2) is 30.8 Å². The zero-order valence-corrected chi connectivity index (χ0v) is 8.84. The number of alkyl halides is 3. The maximum Gasteiger partial charge on any atom is 0.405 e. The number of carbonyl (C=O) groups excluding carboxylic acids is 1. The summed E-state index contributed by atoms with van der Waals surface area (Å²) in [6.07, 6.45) is -3.26. The summed E-state index contributed by atoms with van der Waals surface area (Å²) < 4.78 is 40.4. The first-order valence-corrected chi connectivity index (χ1v) is 4.48. The molecule has 0 saturated heterocycles. The lowest BCUT2D eigenvalue weighted by atomic mass is 10.2. The van der Waals surface area contributed by atoms with Gasteiger partial charge in [-0.3, -0.25) is 0 Å². The fourth-order valence-electron chi connectivity index (χ4n) is 1.07. The molecule has 0 radical (unpaired) electrons. The molecule has 0 aliphatic carbocycles. The van der Waals surface area contributed by atoms with E-state index in [1.165, 1.54) is 6.07 Å². The van der Waals surface area contributed by atoms with Crippen molar-refractivity contribution in [2.45, 2.75) is 6.18 Å². The summed E-state index contributed by atoms with van der Waals surface area (Å²) in [7, 11) is 1.11. The van der Waals surface area contributed by atoms with Crippen LogP contribution in [0.25, 0.3) is 0 Å². The van der Waals surface area contributed by atoms with Gasteiger partial charge >= 0.3 is 12.1 Å². The van der Waals surface area contributed by atoms with Crippen LogP contribution in [0.1, 0.15) is 10.4 Å². The molecule has 1 rings (SSSR count). The largest absolute Gasteiger partial charge is 0.465 e. The van der Waals surface area contributed by atoms with Crippen LogP contribution in [0.15, 0.2) is 12.3 Å². The average molecular weight is 249 g/mol. The number of methoxy groups -OCH3 is 1. The highest BCUT2D eigenvalue weighted by atomic mass is 19.4. The van der Waals surface area contributed by atoms with E-state index in [1.807, 2.05) is 5.32 Å². The Hall–Kier alpha value is -1.99. The number of anilines is 2. The number of hydrogen-bond acceptors (Lipinski definition) is 5. The molecule has 1 aromatic heterocycles. The highest BCUT2D eigenvalue weighted by molar-refractivity contribution is 5.95. The number of carbonyl (C=O) groups is 1. The summed E-state index contributed by atoms with van der Waals surface area (Å²) in [4.78, 5) is 14.9. The fraction of sp³-hybridized carbons (Fsp3) is 0.333. The molecule has 0 bridgehead atoms. The normalized spacial score (nSPS) is 11.1. The molecule has 17 heavy (non-hydrogen) atoms. The molecule has 0 aromatic carbocycles. The molecule has 1 heterocycles. The minimum absolute atomic E-state index is 0.142. The summed E-state index contributed by atoms with van der Waals surface area (Å²) >= 11 is 0. The first-order chi connectivity index (χ1) is 7.83. The standard InChI is InChI=1S/C9H10F3N3O2/c1-17-8(16)6-2-5(13)3-14-7(6)15-4-9(10,11)12/h2-3H,4,13H2,1H3,(H,14,15). The van der Waals surface area contributed by atoms with Gasteiger partial charge in [-0.2, -0.15) is 13.2 Å². The summed E-state index contributed by atoms with van der Waals surface area (Å²) in [6, 6.07) is 1.19. The summed E-state index contributed by atoms with van der Waals surface area (Å²) in [5, 5.41) is 2.00. The van der Waals surface area contributed by atoms with Gasteiger partial charge in [0.25, 0.3) is 0 Å². The van der Waals surface area contributed by atoms with Crippen LogP contribution in [0.3, 0.4) is 0 Å². The number of aromatic nitrogens is 1. The molecule has 8 heteroatoms. The third kappa shape index (κ3) is 3.82. The zero-order chi connectivity index (χ0) is 13.1. The van der Waals surface area contributed by atoms with Gasteiger partial charge in [-0.05, 0) is 6.07 Å². The van der Waals surface area contributed by atoms with Crippen molar-refractivity contribution in [3.63, 3.8) is 0 Å². The molecule has 5 nitrogen and oxygen atoms in total. The van der Waals surface area contributed by atoms with Crippen molar-refractivity contribution in [1.29, 1.82) is 0 Å². The highest BCUT2D eigenvalue weighted by Gasteiger charge is 2.28. The lowest BCUT2D eigenvalue weighted by Gasteiger charge is -2.11. The van der Waals surface area contributed by atoms with Crippen molar-refractivity contribution in [1.82, 2.24) is 4.98 Å². The van der Waals surface area contributed by atoms with Gasteiger partial charge in [0, 0.05) is 0 Å². The first-order valence-electron chi connectivity index (χ1n) is 4.48. The Bertz CT molecular complexity index is 420.